The van der Waals surface area contributed by atoms with Crippen LogP contribution in [0.2, 0.25) is 0 Å². The van der Waals surface area contributed by atoms with E-state index in [9.17, 15) is 24.0 Å². The van der Waals surface area contributed by atoms with Gasteiger partial charge in [-0.2, -0.15) is 0 Å². The summed E-state index contributed by atoms with van der Waals surface area (Å²) in [5, 5.41) is 17.5. The van der Waals surface area contributed by atoms with Gasteiger partial charge in [0, 0.05) is 52.0 Å². The van der Waals surface area contributed by atoms with Crippen molar-refractivity contribution >= 4 is 29.2 Å². The average Bonchev–Trinajstić information content (AvgIpc) is 3.22. The van der Waals surface area contributed by atoms with E-state index in [4.69, 9.17) is 24.1 Å². The summed E-state index contributed by atoms with van der Waals surface area (Å²) in [6.07, 6.45) is 27.8. The molecule has 0 aromatic rings. The second kappa shape index (κ2) is 45.2. The fourth-order valence-electron chi connectivity index (χ4n) is 6.72. The van der Waals surface area contributed by atoms with Gasteiger partial charge in [0.15, 0.2) is 5.78 Å². The smallest absolute Gasteiger partial charge is 0.245 e. The second-order valence-corrected chi connectivity index (χ2v) is 15.8. The Labute approximate surface area is 358 Å². The molecule has 0 radical (unpaired) electrons. The van der Waals surface area contributed by atoms with Crippen LogP contribution in [0.3, 0.4) is 0 Å². The summed E-state index contributed by atoms with van der Waals surface area (Å²) >= 11 is 0. The minimum Gasteiger partial charge on any atom is -0.396 e. The summed E-state index contributed by atoms with van der Waals surface area (Å²) in [4.78, 5) is 59.5. The highest BCUT2D eigenvalue weighted by molar-refractivity contribution is 5.81. The van der Waals surface area contributed by atoms with Crippen molar-refractivity contribution in [1.29, 1.82) is 0 Å². The molecule has 0 fully saturated rings. The monoisotopic (exact) mass is 842 g/mol. The van der Waals surface area contributed by atoms with Crippen LogP contribution in [0.5, 0.6) is 0 Å². The number of hydrogen-bond acceptors (Lipinski definition) is 11. The number of amides is 2. The number of aliphatic hydroxyl groups is 1. The van der Waals surface area contributed by atoms with Gasteiger partial charge in [-0.25, -0.2) is 0 Å². The van der Waals surface area contributed by atoms with Gasteiger partial charge in [-0.05, 0) is 52.5 Å². The van der Waals surface area contributed by atoms with Gasteiger partial charge in [0.25, 0.3) is 0 Å². The van der Waals surface area contributed by atoms with E-state index in [1.54, 1.807) is 14.0 Å². The molecule has 0 saturated heterocycles. The molecule has 0 rings (SSSR count). The number of carbonyl (C=O) groups excluding carboxylic acids is 5. The van der Waals surface area contributed by atoms with Crippen molar-refractivity contribution in [2.75, 3.05) is 79.6 Å². The van der Waals surface area contributed by atoms with Gasteiger partial charge < -0.3 is 40.0 Å². The third-order valence-corrected chi connectivity index (χ3v) is 10.4. The molecule has 59 heavy (non-hydrogen) atoms. The fourth-order valence-corrected chi connectivity index (χ4v) is 6.72. The number of hydrogen-bond donors (Lipinski definition) is 4. The van der Waals surface area contributed by atoms with Gasteiger partial charge in [0.2, 0.25) is 11.8 Å². The fraction of sp³-hybridized carbons (Fsp3) is 0.891. The van der Waals surface area contributed by atoms with Gasteiger partial charge in [-0.1, -0.05) is 109 Å². The number of ketones is 3. The largest absolute Gasteiger partial charge is 0.396 e. The minimum absolute atomic E-state index is 0.00529. The molecule has 2 amide bonds. The minimum atomic E-state index is -0.233. The van der Waals surface area contributed by atoms with Gasteiger partial charge in [0.05, 0.1) is 39.1 Å². The van der Waals surface area contributed by atoms with Gasteiger partial charge >= 0.3 is 0 Å². The van der Waals surface area contributed by atoms with Crippen molar-refractivity contribution in [2.45, 2.75) is 186 Å². The van der Waals surface area contributed by atoms with Crippen LogP contribution in [0.4, 0.5) is 0 Å². The molecule has 0 heterocycles. The summed E-state index contributed by atoms with van der Waals surface area (Å²) in [6, 6.07) is -0.104. The molecule has 13 nitrogen and oxygen atoms in total. The zero-order valence-electron chi connectivity index (χ0n) is 37.6. The van der Waals surface area contributed by atoms with Crippen molar-refractivity contribution < 1.29 is 48.0 Å². The number of rotatable bonds is 48. The Kier molecular flexibility index (Phi) is 43.5. The maximum atomic E-state index is 12.1. The Morgan fingerprint density at radius 1 is 0.441 bits per heavy atom. The van der Waals surface area contributed by atoms with E-state index in [1.165, 1.54) is 89.9 Å². The summed E-state index contributed by atoms with van der Waals surface area (Å²) in [7, 11) is 1.79. The van der Waals surface area contributed by atoms with E-state index in [-0.39, 0.29) is 55.0 Å². The van der Waals surface area contributed by atoms with Crippen molar-refractivity contribution in [3.8, 4) is 0 Å². The van der Waals surface area contributed by atoms with Gasteiger partial charge in [0.1, 0.15) is 24.8 Å². The van der Waals surface area contributed by atoms with E-state index < -0.39 is 0 Å². The number of unbranched alkanes of at least 4 members (excludes halogenated alkanes) is 18. The van der Waals surface area contributed by atoms with Crippen LogP contribution in [0.25, 0.3) is 0 Å². The summed E-state index contributed by atoms with van der Waals surface area (Å²) < 4.78 is 21.7. The first-order chi connectivity index (χ1) is 28.8. The SMILES string of the molecule is CNC(CCCCCC(=O)CCCNC(=O)COCCOCCCC(=O)COCCOCCNC(=O)CCCCCCCCCCCCCCCCCCCO)C(C)=O. The predicted molar refractivity (Wildman–Crippen MR) is 235 cm³/mol. The topological polar surface area (TPSA) is 179 Å². The number of aliphatic hydroxyl groups excluding tert-OH is 1. The molecule has 346 valence electrons. The van der Waals surface area contributed by atoms with Crippen LogP contribution in [0.1, 0.15) is 180 Å². The van der Waals surface area contributed by atoms with Crippen molar-refractivity contribution in [2.24, 2.45) is 0 Å². The standard InChI is InChI=1S/C46H87N3O10/c1-41(51)44(47-2)28-20-18-19-25-42(52)26-23-30-48-46(55)40-59-38-35-56-33-24-27-43(53)39-58-37-36-57-34-31-49-45(54)29-21-16-14-12-10-8-6-4-3-5-7-9-11-13-15-17-22-32-50/h44,47,50H,3-40H2,1-2H3,(H,48,55)(H,49,54). The molecule has 1 atom stereocenters. The lowest BCUT2D eigenvalue weighted by Gasteiger charge is -2.11. The van der Waals surface area contributed by atoms with Crippen LogP contribution in [0.15, 0.2) is 0 Å². The Bertz CT molecular complexity index is 1020. The third-order valence-electron chi connectivity index (χ3n) is 10.4. The maximum absolute atomic E-state index is 12.1. The molecule has 0 aromatic carbocycles. The Morgan fingerprint density at radius 2 is 0.898 bits per heavy atom. The zero-order chi connectivity index (χ0) is 43.3. The molecule has 0 saturated carbocycles. The van der Waals surface area contributed by atoms with E-state index >= 15 is 0 Å². The van der Waals surface area contributed by atoms with Crippen LogP contribution in [-0.4, -0.2) is 120 Å². The predicted octanol–water partition coefficient (Wildman–Crippen LogP) is 7.13. The second-order valence-electron chi connectivity index (χ2n) is 15.8. The van der Waals surface area contributed by atoms with Gasteiger partial charge in [-0.3, -0.25) is 24.0 Å². The van der Waals surface area contributed by atoms with Crippen LogP contribution in [-0.2, 0) is 42.9 Å². The number of Topliss-reactive ketones (excluding diaryl/α,β-unsaturated/α-hetero) is 3. The zero-order valence-corrected chi connectivity index (χ0v) is 37.6. The molecule has 1 unspecified atom stereocenters. The normalized spacial score (nSPS) is 11.8. The molecule has 0 spiro atoms. The summed E-state index contributed by atoms with van der Waals surface area (Å²) in [5.74, 6) is 0.160. The van der Waals surface area contributed by atoms with E-state index in [0.29, 0.717) is 91.3 Å². The lowest BCUT2D eigenvalue weighted by atomic mass is 10.0. The Hall–Kier alpha value is -2.29. The number of carbonyl (C=O) groups is 5. The van der Waals surface area contributed by atoms with E-state index in [0.717, 1.165) is 44.9 Å². The number of likely N-dealkylation sites (N-methyl/N-ethyl adjacent to an activating group) is 1. The first-order valence-corrected chi connectivity index (χ1v) is 23.5. The highest BCUT2D eigenvalue weighted by Crippen LogP contribution is 2.14. The molecular weight excluding hydrogens is 755 g/mol. The summed E-state index contributed by atoms with van der Waals surface area (Å²) in [6.45, 7) is 4.86. The molecule has 0 bridgehead atoms. The van der Waals surface area contributed by atoms with Crippen LogP contribution >= 0.6 is 0 Å². The molecular formula is C46H87N3O10. The number of nitrogens with one attached hydrogen (secondary N) is 3. The van der Waals surface area contributed by atoms with Crippen molar-refractivity contribution in [3.05, 3.63) is 0 Å². The van der Waals surface area contributed by atoms with Crippen molar-refractivity contribution in [1.82, 2.24) is 16.0 Å². The molecule has 4 N–H and O–H groups in total. The lowest BCUT2D eigenvalue weighted by molar-refractivity contribution is -0.127. The Morgan fingerprint density at radius 3 is 1.47 bits per heavy atom. The highest BCUT2D eigenvalue weighted by Gasteiger charge is 2.11. The highest BCUT2D eigenvalue weighted by atomic mass is 16.5. The number of ether oxygens (including phenoxy) is 4. The molecule has 0 aliphatic rings. The van der Waals surface area contributed by atoms with Crippen molar-refractivity contribution in [3.63, 3.8) is 0 Å². The first-order valence-electron chi connectivity index (χ1n) is 23.5. The average molecular weight is 842 g/mol. The van der Waals surface area contributed by atoms with E-state index in [2.05, 4.69) is 16.0 Å². The Balaban J connectivity index is 3.38. The summed E-state index contributed by atoms with van der Waals surface area (Å²) in [5.41, 5.74) is 0. The van der Waals surface area contributed by atoms with Crippen LogP contribution < -0.4 is 16.0 Å². The third kappa shape index (κ3) is 43.6. The quantitative estimate of drug-likeness (QED) is 0.0459. The lowest BCUT2D eigenvalue weighted by Crippen LogP contribution is -2.32. The molecule has 0 aromatic heterocycles. The molecule has 13 heteroatoms. The molecule has 0 aliphatic carbocycles. The molecule has 0 aliphatic heterocycles. The van der Waals surface area contributed by atoms with Crippen LogP contribution in [0, 0.1) is 0 Å². The van der Waals surface area contributed by atoms with E-state index in [1.807, 2.05) is 0 Å². The van der Waals surface area contributed by atoms with Gasteiger partial charge in [-0.15, -0.1) is 0 Å². The first kappa shape index (κ1) is 56.7. The maximum Gasteiger partial charge on any atom is 0.245 e.